The Kier molecular flexibility index (Phi) is 5.28. The van der Waals surface area contributed by atoms with Crippen LogP contribution in [0.15, 0.2) is 29.2 Å². The Labute approximate surface area is 101 Å². The summed E-state index contributed by atoms with van der Waals surface area (Å²) in [6.45, 7) is -0.0571. The number of hydrogen-bond donors (Lipinski definition) is 2. The lowest BCUT2D eigenvalue weighted by molar-refractivity contribution is 0.0699. The first-order valence-electron chi connectivity index (χ1n) is 5.19. The average molecular weight is 241 g/mol. The molecule has 0 fully saturated rings. The molecule has 3 nitrogen and oxygen atoms in total. The maximum atomic E-state index is 10.1. The Morgan fingerprint density at radius 3 is 2.19 bits per heavy atom. The minimum Gasteiger partial charge on any atom is -0.390 e. The van der Waals surface area contributed by atoms with Gasteiger partial charge in [-0.15, -0.1) is 11.8 Å². The molecule has 0 saturated heterocycles. The quantitative estimate of drug-likeness (QED) is 0.601. The van der Waals surface area contributed by atoms with Crippen molar-refractivity contribution in [3.05, 3.63) is 29.8 Å². The lowest BCUT2D eigenvalue weighted by Gasteiger charge is -2.20. The van der Waals surface area contributed by atoms with E-state index in [1.807, 2.05) is 49.5 Å². The van der Waals surface area contributed by atoms with Crippen molar-refractivity contribution in [2.75, 3.05) is 27.0 Å². The van der Waals surface area contributed by atoms with Crippen molar-refractivity contribution < 1.29 is 10.2 Å². The molecular weight excluding hydrogens is 222 g/mol. The number of hydrogen-bond acceptors (Lipinski definition) is 4. The van der Waals surface area contributed by atoms with Gasteiger partial charge in [0.25, 0.3) is 0 Å². The molecule has 0 aliphatic rings. The predicted molar refractivity (Wildman–Crippen MR) is 68.0 cm³/mol. The van der Waals surface area contributed by atoms with Crippen LogP contribution < -0.4 is 4.90 Å². The smallest absolute Gasteiger partial charge is 0.185 e. The second-order valence-corrected chi connectivity index (χ2v) is 4.81. The van der Waals surface area contributed by atoms with Crippen LogP contribution in [-0.2, 0) is 0 Å². The van der Waals surface area contributed by atoms with E-state index in [2.05, 4.69) is 0 Å². The van der Waals surface area contributed by atoms with Crippen molar-refractivity contribution in [3.63, 3.8) is 0 Å². The van der Waals surface area contributed by atoms with Crippen LogP contribution in [0.4, 0.5) is 0 Å². The number of rotatable bonds is 5. The van der Waals surface area contributed by atoms with Crippen molar-refractivity contribution in [2.45, 2.75) is 17.0 Å². The van der Waals surface area contributed by atoms with E-state index >= 15 is 0 Å². The molecule has 0 bridgehead atoms. The first-order valence-corrected chi connectivity index (χ1v) is 6.42. The first kappa shape index (κ1) is 13.5. The normalized spacial score (nSPS) is 15.1. The summed E-state index contributed by atoms with van der Waals surface area (Å²) in [4.78, 5) is 2.99. The number of benzene rings is 1. The lowest BCUT2D eigenvalue weighted by atomic mass is 10.0. The first-order chi connectivity index (χ1) is 7.60. The standard InChI is InChI=1S/C12H19NO2S/c1-13(2)11(8-14)12(15)9-4-6-10(16-3)7-5-9/h4-7,11-12,14-15H,8H2,1-3H3/q+1/t11-,12-/m0/s1. The highest BCUT2D eigenvalue weighted by Crippen LogP contribution is 2.22. The van der Waals surface area contributed by atoms with E-state index in [1.165, 1.54) is 4.90 Å². The summed E-state index contributed by atoms with van der Waals surface area (Å²) in [5.41, 5.74) is 0.838. The molecule has 0 aromatic heterocycles. The van der Waals surface area contributed by atoms with E-state index in [0.717, 1.165) is 5.56 Å². The molecule has 16 heavy (non-hydrogen) atoms. The highest BCUT2D eigenvalue weighted by molar-refractivity contribution is 7.98. The Morgan fingerprint density at radius 2 is 1.81 bits per heavy atom. The Hall–Kier alpha value is -0.550. The zero-order chi connectivity index (χ0) is 12.1. The van der Waals surface area contributed by atoms with Crippen LogP contribution in [0.1, 0.15) is 11.7 Å². The van der Waals surface area contributed by atoms with Gasteiger partial charge in [0.15, 0.2) is 6.04 Å². The van der Waals surface area contributed by atoms with E-state index in [4.69, 9.17) is 0 Å². The largest absolute Gasteiger partial charge is 0.390 e. The van der Waals surface area contributed by atoms with Crippen LogP contribution in [0.3, 0.4) is 0 Å². The number of nitrogens with zero attached hydrogens (tertiary/aromatic N) is 1. The van der Waals surface area contributed by atoms with Gasteiger partial charge in [0.05, 0.1) is 0 Å². The summed E-state index contributed by atoms with van der Waals surface area (Å²) < 4.78 is 0. The topological polar surface area (TPSA) is 46.4 Å². The maximum absolute atomic E-state index is 10.1. The van der Waals surface area contributed by atoms with E-state index < -0.39 is 6.10 Å². The minimum absolute atomic E-state index is 0.0571. The average Bonchev–Trinajstić information content (AvgIpc) is 2.29. The fraction of sp³-hybridized carbons (Fsp3) is 0.500. The summed E-state index contributed by atoms with van der Waals surface area (Å²) in [6.07, 6.45) is 1.36. The molecule has 1 radical (unpaired) electrons. The molecule has 1 aromatic rings. The van der Waals surface area contributed by atoms with Crippen LogP contribution in [-0.4, -0.2) is 43.2 Å². The maximum Gasteiger partial charge on any atom is 0.185 e. The molecule has 89 valence electrons. The highest BCUT2D eigenvalue weighted by atomic mass is 32.2. The van der Waals surface area contributed by atoms with E-state index in [9.17, 15) is 10.2 Å². The zero-order valence-corrected chi connectivity index (χ0v) is 10.7. The monoisotopic (exact) mass is 241 g/mol. The third-order valence-electron chi connectivity index (χ3n) is 2.67. The van der Waals surface area contributed by atoms with Crippen LogP contribution >= 0.6 is 11.8 Å². The van der Waals surface area contributed by atoms with Gasteiger partial charge in [-0.2, -0.15) is 4.90 Å². The van der Waals surface area contributed by atoms with E-state index in [0.29, 0.717) is 0 Å². The number of aliphatic hydroxyl groups excluding tert-OH is 2. The number of thioether (sulfide) groups is 1. The summed E-state index contributed by atoms with van der Waals surface area (Å²) in [6, 6.07) is 7.51. The summed E-state index contributed by atoms with van der Waals surface area (Å²) >= 11 is 1.67. The summed E-state index contributed by atoms with van der Waals surface area (Å²) in [5, 5.41) is 19.3. The molecule has 0 spiro atoms. The molecule has 0 aliphatic heterocycles. The van der Waals surface area contributed by atoms with Crippen molar-refractivity contribution in [1.82, 2.24) is 4.90 Å². The van der Waals surface area contributed by atoms with E-state index in [1.54, 1.807) is 11.8 Å². The van der Waals surface area contributed by atoms with Gasteiger partial charge in [-0.3, -0.25) is 0 Å². The Bertz CT molecular complexity index is 313. The number of aliphatic hydroxyl groups is 2. The van der Waals surface area contributed by atoms with Gasteiger partial charge in [-0.05, 0) is 24.0 Å². The highest BCUT2D eigenvalue weighted by Gasteiger charge is 2.28. The van der Waals surface area contributed by atoms with Crippen LogP contribution in [0.25, 0.3) is 0 Å². The molecule has 1 aromatic carbocycles. The van der Waals surface area contributed by atoms with Gasteiger partial charge in [0.1, 0.15) is 26.8 Å². The van der Waals surface area contributed by atoms with Gasteiger partial charge in [-0.25, -0.2) is 0 Å². The molecule has 0 saturated carbocycles. The second kappa shape index (κ2) is 6.25. The molecule has 0 aliphatic carbocycles. The molecule has 0 heterocycles. The van der Waals surface area contributed by atoms with Gasteiger partial charge in [0, 0.05) is 4.90 Å². The number of likely N-dealkylation sites (N-methyl/N-ethyl adjacent to an activating group) is 1. The summed E-state index contributed by atoms with van der Waals surface area (Å²) in [7, 11) is 3.70. The Morgan fingerprint density at radius 1 is 1.25 bits per heavy atom. The molecule has 1 rings (SSSR count). The Balaban J connectivity index is 2.82. The predicted octanol–water partition coefficient (Wildman–Crippen LogP) is 1.20. The van der Waals surface area contributed by atoms with Crippen LogP contribution in [0.5, 0.6) is 0 Å². The van der Waals surface area contributed by atoms with Crippen molar-refractivity contribution in [2.24, 2.45) is 0 Å². The minimum atomic E-state index is -0.657. The zero-order valence-electron chi connectivity index (χ0n) is 9.92. The van der Waals surface area contributed by atoms with Gasteiger partial charge in [-0.1, -0.05) is 12.1 Å². The van der Waals surface area contributed by atoms with Gasteiger partial charge >= 0.3 is 0 Å². The van der Waals surface area contributed by atoms with Crippen LogP contribution in [0.2, 0.25) is 0 Å². The summed E-state index contributed by atoms with van der Waals surface area (Å²) in [5.74, 6) is 0. The third-order valence-corrected chi connectivity index (χ3v) is 3.42. The van der Waals surface area contributed by atoms with Crippen molar-refractivity contribution in [1.29, 1.82) is 0 Å². The molecule has 2 N–H and O–H groups in total. The molecule has 4 heteroatoms. The second-order valence-electron chi connectivity index (χ2n) is 3.93. The fourth-order valence-corrected chi connectivity index (χ4v) is 1.98. The molecule has 2 atom stereocenters. The van der Waals surface area contributed by atoms with Crippen molar-refractivity contribution in [3.8, 4) is 0 Å². The van der Waals surface area contributed by atoms with E-state index in [-0.39, 0.29) is 12.6 Å². The van der Waals surface area contributed by atoms with Crippen LogP contribution in [0, 0.1) is 0 Å². The molecule has 0 unspecified atom stereocenters. The third kappa shape index (κ3) is 3.22. The SMILES string of the molecule is CSc1ccc([C@H](O)[C@H](CO)[N+](C)C)cc1. The van der Waals surface area contributed by atoms with Gasteiger partial charge in [0.2, 0.25) is 0 Å². The van der Waals surface area contributed by atoms with Crippen molar-refractivity contribution >= 4 is 11.8 Å². The molecule has 0 amide bonds. The van der Waals surface area contributed by atoms with Gasteiger partial charge < -0.3 is 10.2 Å². The molecular formula is C12H19NO2S+. The fourth-order valence-electron chi connectivity index (χ4n) is 1.57. The lowest BCUT2D eigenvalue weighted by Crippen LogP contribution is -2.41.